The second-order valence-corrected chi connectivity index (χ2v) is 11.4. The van der Waals surface area contributed by atoms with Crippen LogP contribution in [0.25, 0.3) is 0 Å². The first-order chi connectivity index (χ1) is 12.3. The summed E-state index contributed by atoms with van der Waals surface area (Å²) in [5, 5.41) is 1.62. The highest BCUT2D eigenvalue weighted by molar-refractivity contribution is 8.16. The van der Waals surface area contributed by atoms with E-state index in [1.54, 1.807) is 22.2 Å². The van der Waals surface area contributed by atoms with E-state index in [4.69, 9.17) is 16.5 Å². The Bertz CT molecular complexity index is 795. The summed E-state index contributed by atoms with van der Waals surface area (Å²) in [6.07, 6.45) is 5.49. The minimum Gasteiger partial charge on any atom is -0.379 e. The number of morpholine rings is 1. The third-order valence-corrected chi connectivity index (χ3v) is 11.2. The third kappa shape index (κ3) is 2.42. The second-order valence-electron chi connectivity index (χ2n) is 7.32. The summed E-state index contributed by atoms with van der Waals surface area (Å²) in [6, 6.07) is 10.9. The highest BCUT2D eigenvalue weighted by Gasteiger charge is 2.46. The summed E-state index contributed by atoms with van der Waals surface area (Å²) in [5.74, 6) is 0. The van der Waals surface area contributed by atoms with Crippen molar-refractivity contribution in [3.05, 3.63) is 52.5 Å². The first-order valence-electron chi connectivity index (χ1n) is 9.54. The molecule has 132 valence electrons. The molecule has 2 heterocycles. The van der Waals surface area contributed by atoms with Crippen molar-refractivity contribution in [3.8, 4) is 0 Å². The first kappa shape index (κ1) is 16.3. The van der Waals surface area contributed by atoms with Gasteiger partial charge in [0.15, 0.2) is 0 Å². The van der Waals surface area contributed by atoms with Gasteiger partial charge in [-0.3, -0.25) is 4.67 Å². The molecule has 25 heavy (non-hydrogen) atoms. The Hall–Kier alpha value is -0.930. The molecular formula is C20H25N2OPS. The van der Waals surface area contributed by atoms with Gasteiger partial charge in [-0.05, 0) is 67.1 Å². The van der Waals surface area contributed by atoms with Gasteiger partial charge in [0.05, 0.1) is 13.2 Å². The van der Waals surface area contributed by atoms with Crippen molar-refractivity contribution in [1.82, 2.24) is 4.67 Å². The maximum Gasteiger partial charge on any atom is 0.130 e. The largest absolute Gasteiger partial charge is 0.379 e. The monoisotopic (exact) mass is 372 g/mol. The number of rotatable bonds is 2. The fourth-order valence-corrected chi connectivity index (χ4v) is 10.2. The number of ether oxygens (including phenoxy) is 1. The summed E-state index contributed by atoms with van der Waals surface area (Å²) in [5.41, 5.74) is 6.14. The number of nitrogens with zero attached hydrogens (tertiary/aromatic N) is 2. The molecule has 2 aliphatic heterocycles. The number of allylic oxidation sites excluding steroid dienone is 4. The molecule has 0 bridgehead atoms. The average Bonchev–Trinajstić information content (AvgIpc) is 3.33. The van der Waals surface area contributed by atoms with E-state index in [2.05, 4.69) is 39.7 Å². The molecule has 1 aromatic carbocycles. The molecule has 0 saturated carbocycles. The smallest absolute Gasteiger partial charge is 0.130 e. The second kappa shape index (κ2) is 6.35. The summed E-state index contributed by atoms with van der Waals surface area (Å²) in [7, 11) is 0. The highest BCUT2D eigenvalue weighted by atomic mass is 32.4. The van der Waals surface area contributed by atoms with E-state index < -0.39 is 6.34 Å². The van der Waals surface area contributed by atoms with Gasteiger partial charge in [0.25, 0.3) is 0 Å². The number of hydrogen-bond donors (Lipinski definition) is 0. The Labute approximate surface area is 155 Å². The van der Waals surface area contributed by atoms with E-state index in [0.29, 0.717) is 0 Å². The molecule has 1 atom stereocenters. The van der Waals surface area contributed by atoms with Crippen molar-refractivity contribution in [2.24, 2.45) is 0 Å². The fraction of sp³-hybridized carbons (Fsp3) is 0.500. The van der Waals surface area contributed by atoms with Gasteiger partial charge in [-0.15, -0.1) is 0 Å². The van der Waals surface area contributed by atoms with Crippen LogP contribution < -0.4 is 4.67 Å². The summed E-state index contributed by atoms with van der Waals surface area (Å²) >= 11 is 6.65. The average molecular weight is 372 g/mol. The van der Waals surface area contributed by atoms with Crippen LogP contribution >= 0.6 is 6.34 Å². The van der Waals surface area contributed by atoms with Crippen molar-refractivity contribution < 1.29 is 4.74 Å². The van der Waals surface area contributed by atoms with E-state index in [1.165, 1.54) is 44.2 Å². The maximum absolute atomic E-state index is 6.65. The SMILES string of the molecule is S=[P@@]1(N2CCOCC2)C2=C(CCC2)C2=C(CCC2)N1c1ccccc1. The Balaban J connectivity index is 1.71. The normalized spacial score (nSPS) is 30.0. The van der Waals surface area contributed by atoms with Gasteiger partial charge >= 0.3 is 0 Å². The van der Waals surface area contributed by atoms with Crippen LogP contribution in [-0.2, 0) is 16.5 Å². The number of anilines is 1. The van der Waals surface area contributed by atoms with Crippen molar-refractivity contribution in [2.75, 3.05) is 31.0 Å². The van der Waals surface area contributed by atoms with Gasteiger partial charge in [-0.1, -0.05) is 30.0 Å². The molecule has 3 nitrogen and oxygen atoms in total. The zero-order valence-electron chi connectivity index (χ0n) is 14.6. The van der Waals surface area contributed by atoms with Crippen LogP contribution in [0.3, 0.4) is 0 Å². The lowest BCUT2D eigenvalue weighted by Gasteiger charge is -2.49. The van der Waals surface area contributed by atoms with Crippen LogP contribution in [0.4, 0.5) is 5.69 Å². The summed E-state index contributed by atoms with van der Waals surface area (Å²) in [6.45, 7) is 3.57. The molecule has 1 fully saturated rings. The van der Waals surface area contributed by atoms with Gasteiger partial charge in [0.1, 0.15) is 6.34 Å². The van der Waals surface area contributed by atoms with Crippen LogP contribution in [0, 0.1) is 0 Å². The molecule has 0 unspecified atom stereocenters. The molecular weight excluding hydrogens is 347 g/mol. The Morgan fingerprint density at radius 2 is 1.60 bits per heavy atom. The molecule has 5 rings (SSSR count). The lowest BCUT2D eigenvalue weighted by molar-refractivity contribution is 0.0747. The molecule has 1 saturated heterocycles. The molecule has 0 aromatic heterocycles. The summed E-state index contributed by atoms with van der Waals surface area (Å²) in [4.78, 5) is 0. The van der Waals surface area contributed by atoms with Crippen LogP contribution in [0.2, 0.25) is 0 Å². The van der Waals surface area contributed by atoms with Crippen molar-refractivity contribution >= 4 is 23.8 Å². The van der Waals surface area contributed by atoms with Gasteiger partial charge < -0.3 is 9.41 Å². The number of para-hydroxylation sites is 1. The molecule has 1 aromatic rings. The third-order valence-electron chi connectivity index (χ3n) is 5.99. The number of fused-ring (bicyclic) bond motifs is 1. The molecule has 0 spiro atoms. The lowest BCUT2D eigenvalue weighted by Crippen LogP contribution is -2.40. The van der Waals surface area contributed by atoms with Crippen LogP contribution in [0.1, 0.15) is 38.5 Å². The van der Waals surface area contributed by atoms with E-state index in [1.807, 2.05) is 0 Å². The van der Waals surface area contributed by atoms with Gasteiger partial charge in [0.2, 0.25) is 0 Å². The minimum absolute atomic E-state index is 0.815. The quantitative estimate of drug-likeness (QED) is 0.677. The molecule has 0 amide bonds. The lowest BCUT2D eigenvalue weighted by atomic mass is 10.0. The molecule has 0 radical (unpaired) electrons. The minimum atomic E-state index is -1.95. The summed E-state index contributed by atoms with van der Waals surface area (Å²) < 4.78 is 10.9. The zero-order valence-corrected chi connectivity index (χ0v) is 16.3. The van der Waals surface area contributed by atoms with Crippen LogP contribution in [0.5, 0.6) is 0 Å². The van der Waals surface area contributed by atoms with E-state index in [0.717, 1.165) is 26.3 Å². The molecule has 0 N–H and O–H groups in total. The highest BCUT2D eigenvalue weighted by Crippen LogP contribution is 2.71. The standard InChI is InChI=1S/C20H25N2OPS/c25-24(21-12-14-23-15-13-21)20-11-5-9-18(20)17-8-4-10-19(17)22(24)16-6-2-1-3-7-16/h1-3,6-7H,4-5,8-15H2/t24-/m1/s1. The van der Waals surface area contributed by atoms with E-state index in [-0.39, 0.29) is 0 Å². The Kier molecular flexibility index (Phi) is 4.13. The molecule has 5 heteroatoms. The number of benzene rings is 1. The fourth-order valence-electron chi connectivity index (χ4n) is 4.95. The Morgan fingerprint density at radius 3 is 2.40 bits per heavy atom. The van der Waals surface area contributed by atoms with Gasteiger partial charge in [-0.25, -0.2) is 0 Å². The maximum atomic E-state index is 6.65. The van der Waals surface area contributed by atoms with E-state index >= 15 is 0 Å². The van der Waals surface area contributed by atoms with Gasteiger partial charge in [0, 0.05) is 24.5 Å². The Morgan fingerprint density at radius 1 is 0.880 bits per heavy atom. The molecule has 2 aliphatic carbocycles. The van der Waals surface area contributed by atoms with Gasteiger partial charge in [-0.2, -0.15) is 0 Å². The predicted molar refractivity (Wildman–Crippen MR) is 107 cm³/mol. The molecule has 4 aliphatic rings. The predicted octanol–water partition coefficient (Wildman–Crippen LogP) is 5.02. The topological polar surface area (TPSA) is 15.7 Å². The van der Waals surface area contributed by atoms with Crippen molar-refractivity contribution in [3.63, 3.8) is 0 Å². The number of hydrogen-bond acceptors (Lipinski definition) is 2. The van der Waals surface area contributed by atoms with Crippen LogP contribution in [0.15, 0.2) is 52.5 Å². The van der Waals surface area contributed by atoms with Crippen LogP contribution in [-0.4, -0.2) is 31.0 Å². The van der Waals surface area contributed by atoms with Crippen molar-refractivity contribution in [2.45, 2.75) is 38.5 Å². The van der Waals surface area contributed by atoms with E-state index in [9.17, 15) is 0 Å². The van der Waals surface area contributed by atoms with Crippen molar-refractivity contribution in [1.29, 1.82) is 0 Å². The zero-order chi connectivity index (χ0) is 16.9. The first-order valence-corrected chi connectivity index (χ1v) is 12.2.